The van der Waals surface area contributed by atoms with Crippen molar-refractivity contribution in [2.75, 3.05) is 13.1 Å². The Bertz CT molecular complexity index is 374. The smallest absolute Gasteiger partial charge is 0.221 e. The number of carbonyl (C=O) groups is 1. The average Bonchev–Trinajstić information content (AvgIpc) is 2.32. The summed E-state index contributed by atoms with van der Waals surface area (Å²) in [6.07, 6.45) is 2.18. The Kier molecular flexibility index (Phi) is 6.04. The van der Waals surface area contributed by atoms with Crippen LogP contribution in [0.3, 0.4) is 0 Å². The maximum Gasteiger partial charge on any atom is 0.221 e. The molecule has 0 aromatic heterocycles. The van der Waals surface area contributed by atoms with Crippen LogP contribution in [0.25, 0.3) is 0 Å². The van der Waals surface area contributed by atoms with Gasteiger partial charge in [-0.2, -0.15) is 0 Å². The molecule has 1 rings (SSSR count). The molecule has 0 saturated carbocycles. The van der Waals surface area contributed by atoms with Gasteiger partial charge in [0.25, 0.3) is 0 Å². The third kappa shape index (κ3) is 5.88. The summed E-state index contributed by atoms with van der Waals surface area (Å²) in [6.45, 7) is 7.65. The van der Waals surface area contributed by atoms with Gasteiger partial charge in [0.2, 0.25) is 5.91 Å². The molecule has 1 aromatic rings. The van der Waals surface area contributed by atoms with Crippen molar-refractivity contribution in [1.82, 2.24) is 10.6 Å². The van der Waals surface area contributed by atoms with Gasteiger partial charge in [-0.1, -0.05) is 35.9 Å². The lowest BCUT2D eigenvalue weighted by atomic mass is 10.1. The van der Waals surface area contributed by atoms with Gasteiger partial charge in [-0.3, -0.25) is 4.79 Å². The van der Waals surface area contributed by atoms with Crippen molar-refractivity contribution >= 4 is 5.91 Å². The number of rotatable bonds is 7. The lowest BCUT2D eigenvalue weighted by Crippen LogP contribution is -2.27. The number of hydrogen-bond acceptors (Lipinski definition) is 2. The zero-order valence-electron chi connectivity index (χ0n) is 10.3. The number of hydrogen-bond donors (Lipinski definition) is 2. The van der Waals surface area contributed by atoms with Crippen LogP contribution in [0, 0.1) is 6.92 Å². The Balaban J connectivity index is 2.16. The van der Waals surface area contributed by atoms with Crippen LogP contribution >= 0.6 is 0 Å². The molecule has 0 aliphatic heterocycles. The second-order valence-corrected chi connectivity index (χ2v) is 4.01. The topological polar surface area (TPSA) is 41.1 Å². The molecule has 3 nitrogen and oxygen atoms in total. The molecule has 92 valence electrons. The van der Waals surface area contributed by atoms with Gasteiger partial charge in [-0.25, -0.2) is 0 Å². The maximum atomic E-state index is 11.3. The van der Waals surface area contributed by atoms with Crippen LogP contribution in [-0.2, 0) is 11.3 Å². The highest BCUT2D eigenvalue weighted by atomic mass is 16.1. The van der Waals surface area contributed by atoms with Crippen LogP contribution in [0.1, 0.15) is 17.5 Å². The fourth-order valence-corrected chi connectivity index (χ4v) is 1.53. The molecule has 1 amide bonds. The monoisotopic (exact) mass is 232 g/mol. The SMILES string of the molecule is C=CCNC(=O)CCNCc1cccc(C)c1. The van der Waals surface area contributed by atoms with Gasteiger partial charge in [-0.05, 0) is 12.5 Å². The third-order valence-electron chi connectivity index (χ3n) is 2.38. The Hall–Kier alpha value is -1.61. The number of carbonyl (C=O) groups excluding carboxylic acids is 1. The molecule has 17 heavy (non-hydrogen) atoms. The number of nitrogens with one attached hydrogen (secondary N) is 2. The van der Waals surface area contributed by atoms with E-state index in [0.29, 0.717) is 19.5 Å². The summed E-state index contributed by atoms with van der Waals surface area (Å²) in [5.41, 5.74) is 2.50. The molecule has 0 heterocycles. The molecule has 0 bridgehead atoms. The van der Waals surface area contributed by atoms with E-state index in [2.05, 4.69) is 42.3 Å². The summed E-state index contributed by atoms with van der Waals surface area (Å²) in [7, 11) is 0. The standard InChI is InChI=1S/C14H20N2O/c1-3-8-16-14(17)7-9-15-11-13-6-4-5-12(2)10-13/h3-6,10,15H,1,7-9,11H2,2H3,(H,16,17). The van der Waals surface area contributed by atoms with Crippen LogP contribution in [0.5, 0.6) is 0 Å². The predicted molar refractivity (Wildman–Crippen MR) is 70.7 cm³/mol. The van der Waals surface area contributed by atoms with Gasteiger partial charge in [0.1, 0.15) is 0 Å². The van der Waals surface area contributed by atoms with Crippen molar-refractivity contribution in [3.8, 4) is 0 Å². The Labute approximate surface area is 103 Å². The molecule has 3 heteroatoms. The Morgan fingerprint density at radius 3 is 3.00 bits per heavy atom. The highest BCUT2D eigenvalue weighted by Gasteiger charge is 1.98. The fraction of sp³-hybridized carbons (Fsp3) is 0.357. The first-order valence-electron chi connectivity index (χ1n) is 5.86. The molecule has 0 spiro atoms. The van der Waals surface area contributed by atoms with Gasteiger partial charge < -0.3 is 10.6 Å². The van der Waals surface area contributed by atoms with Crippen LogP contribution in [-0.4, -0.2) is 19.0 Å². The van der Waals surface area contributed by atoms with E-state index < -0.39 is 0 Å². The van der Waals surface area contributed by atoms with E-state index in [-0.39, 0.29) is 5.91 Å². The van der Waals surface area contributed by atoms with Crippen LogP contribution in [0.2, 0.25) is 0 Å². The minimum absolute atomic E-state index is 0.0571. The van der Waals surface area contributed by atoms with Crippen molar-refractivity contribution in [3.05, 3.63) is 48.0 Å². The quantitative estimate of drug-likeness (QED) is 0.556. The summed E-state index contributed by atoms with van der Waals surface area (Å²) in [6, 6.07) is 8.35. The number of benzene rings is 1. The van der Waals surface area contributed by atoms with Crippen molar-refractivity contribution in [1.29, 1.82) is 0 Å². The van der Waals surface area contributed by atoms with Crippen LogP contribution in [0.4, 0.5) is 0 Å². The molecule has 1 aromatic carbocycles. The minimum atomic E-state index is 0.0571. The summed E-state index contributed by atoms with van der Waals surface area (Å²) < 4.78 is 0. The summed E-state index contributed by atoms with van der Waals surface area (Å²) in [4.78, 5) is 11.3. The molecule has 0 aliphatic rings. The van der Waals surface area contributed by atoms with E-state index in [9.17, 15) is 4.79 Å². The lowest BCUT2D eigenvalue weighted by Gasteiger charge is -2.06. The van der Waals surface area contributed by atoms with Crippen LogP contribution in [0.15, 0.2) is 36.9 Å². The minimum Gasteiger partial charge on any atom is -0.353 e. The van der Waals surface area contributed by atoms with Gasteiger partial charge in [0.15, 0.2) is 0 Å². The maximum absolute atomic E-state index is 11.3. The highest BCUT2D eigenvalue weighted by Crippen LogP contribution is 2.02. The normalized spacial score (nSPS) is 9.94. The van der Waals surface area contributed by atoms with E-state index >= 15 is 0 Å². The van der Waals surface area contributed by atoms with E-state index in [1.165, 1.54) is 11.1 Å². The highest BCUT2D eigenvalue weighted by molar-refractivity contribution is 5.76. The third-order valence-corrected chi connectivity index (χ3v) is 2.38. The molecule has 0 unspecified atom stereocenters. The molecule has 0 radical (unpaired) electrons. The van der Waals surface area contributed by atoms with E-state index in [4.69, 9.17) is 0 Å². The molecule has 0 aliphatic carbocycles. The van der Waals surface area contributed by atoms with Gasteiger partial charge >= 0.3 is 0 Å². The van der Waals surface area contributed by atoms with Gasteiger partial charge in [0.05, 0.1) is 0 Å². The molecular weight excluding hydrogens is 212 g/mol. The molecule has 2 N–H and O–H groups in total. The zero-order chi connectivity index (χ0) is 12.5. The number of aryl methyl sites for hydroxylation is 1. The summed E-state index contributed by atoms with van der Waals surface area (Å²) in [5, 5.41) is 5.99. The fourth-order valence-electron chi connectivity index (χ4n) is 1.53. The van der Waals surface area contributed by atoms with Crippen molar-refractivity contribution in [2.45, 2.75) is 19.9 Å². The van der Waals surface area contributed by atoms with Crippen LogP contribution < -0.4 is 10.6 Å². The van der Waals surface area contributed by atoms with Gasteiger partial charge in [0, 0.05) is 26.1 Å². The van der Waals surface area contributed by atoms with Crippen molar-refractivity contribution in [2.24, 2.45) is 0 Å². The van der Waals surface area contributed by atoms with Gasteiger partial charge in [-0.15, -0.1) is 6.58 Å². The largest absolute Gasteiger partial charge is 0.353 e. The van der Waals surface area contributed by atoms with E-state index in [1.807, 2.05) is 6.07 Å². The molecule has 0 saturated heterocycles. The van der Waals surface area contributed by atoms with E-state index in [0.717, 1.165) is 6.54 Å². The summed E-state index contributed by atoms with van der Waals surface area (Å²) >= 11 is 0. The Morgan fingerprint density at radius 2 is 2.29 bits per heavy atom. The first-order valence-corrected chi connectivity index (χ1v) is 5.86. The van der Waals surface area contributed by atoms with E-state index in [1.54, 1.807) is 6.08 Å². The number of amides is 1. The lowest BCUT2D eigenvalue weighted by molar-refractivity contribution is -0.120. The molecular formula is C14H20N2O. The van der Waals surface area contributed by atoms with Crippen molar-refractivity contribution in [3.63, 3.8) is 0 Å². The average molecular weight is 232 g/mol. The Morgan fingerprint density at radius 1 is 1.47 bits per heavy atom. The first-order chi connectivity index (χ1) is 8.22. The molecule has 0 fully saturated rings. The van der Waals surface area contributed by atoms with Crippen molar-refractivity contribution < 1.29 is 4.79 Å². The summed E-state index contributed by atoms with van der Waals surface area (Å²) in [5.74, 6) is 0.0571. The second kappa shape index (κ2) is 7.63. The second-order valence-electron chi connectivity index (χ2n) is 4.01. The first kappa shape index (κ1) is 13.5. The molecule has 0 atom stereocenters. The zero-order valence-corrected chi connectivity index (χ0v) is 10.3. The predicted octanol–water partition coefficient (Wildman–Crippen LogP) is 1.78.